The van der Waals surface area contributed by atoms with Gasteiger partial charge >= 0.3 is 5.97 Å². The molecule has 3 rings (SSSR count). The van der Waals surface area contributed by atoms with Gasteiger partial charge in [0.05, 0.1) is 11.4 Å². The maximum absolute atomic E-state index is 12.5. The van der Waals surface area contributed by atoms with Crippen molar-refractivity contribution >= 4 is 16.0 Å². The molecule has 1 N–H and O–H groups in total. The average Bonchev–Trinajstić information content (AvgIpc) is 2.72. The molecule has 0 amide bonds. The molecule has 0 aromatic heterocycles. The van der Waals surface area contributed by atoms with Crippen LogP contribution in [0.3, 0.4) is 0 Å². The second-order valence-corrected chi connectivity index (χ2v) is 9.32. The number of nitrogens with one attached hydrogen (secondary N) is 1. The Kier molecular flexibility index (Phi) is 7.41. The fraction of sp³-hybridized carbons (Fsp3) is 0.409. The fourth-order valence-electron chi connectivity index (χ4n) is 3.46. The molecule has 7 heteroatoms. The van der Waals surface area contributed by atoms with Crippen molar-refractivity contribution in [3.63, 3.8) is 0 Å². The van der Waals surface area contributed by atoms with Gasteiger partial charge in [0.25, 0.3) is 0 Å². The number of sulfonamides is 1. The van der Waals surface area contributed by atoms with E-state index in [9.17, 15) is 13.2 Å². The summed E-state index contributed by atoms with van der Waals surface area (Å²) in [5.41, 5.74) is 1.98. The van der Waals surface area contributed by atoms with Gasteiger partial charge in [-0.05, 0) is 49.9 Å². The molecule has 0 bridgehead atoms. The van der Waals surface area contributed by atoms with Crippen LogP contribution in [0.2, 0.25) is 0 Å². The van der Waals surface area contributed by atoms with Gasteiger partial charge in [0, 0.05) is 13.1 Å². The SMILES string of the molecule is Cc1ccc(S(=O)(=O)NCC2CCCN(CC(=O)OCc3ccccc3)C2)cc1. The van der Waals surface area contributed by atoms with E-state index in [4.69, 9.17) is 4.74 Å². The average molecular weight is 417 g/mol. The van der Waals surface area contributed by atoms with Crippen molar-refractivity contribution in [1.82, 2.24) is 9.62 Å². The molecule has 1 fully saturated rings. The van der Waals surface area contributed by atoms with Crippen LogP contribution >= 0.6 is 0 Å². The Bertz CT molecular complexity index is 898. The second kappa shape index (κ2) is 10.0. The topological polar surface area (TPSA) is 75.7 Å². The van der Waals surface area contributed by atoms with Crippen LogP contribution in [0.1, 0.15) is 24.0 Å². The number of nitrogens with zero attached hydrogens (tertiary/aromatic N) is 1. The Hall–Kier alpha value is -2.22. The molecule has 0 radical (unpaired) electrons. The van der Waals surface area contributed by atoms with Gasteiger partial charge < -0.3 is 4.74 Å². The molecule has 0 spiro atoms. The van der Waals surface area contributed by atoms with E-state index < -0.39 is 10.0 Å². The number of carbonyl (C=O) groups excluding carboxylic acids is 1. The number of hydrogen-bond acceptors (Lipinski definition) is 5. The van der Waals surface area contributed by atoms with E-state index in [0.717, 1.165) is 30.5 Å². The highest BCUT2D eigenvalue weighted by atomic mass is 32.2. The molecule has 1 heterocycles. The number of likely N-dealkylation sites (tertiary alicyclic amines) is 1. The van der Waals surface area contributed by atoms with E-state index in [1.54, 1.807) is 24.3 Å². The number of ether oxygens (including phenoxy) is 1. The Balaban J connectivity index is 1.45. The summed E-state index contributed by atoms with van der Waals surface area (Å²) in [4.78, 5) is 14.5. The number of aryl methyl sites for hydroxylation is 1. The highest BCUT2D eigenvalue weighted by molar-refractivity contribution is 7.89. The first-order chi connectivity index (χ1) is 13.9. The van der Waals surface area contributed by atoms with E-state index >= 15 is 0 Å². The van der Waals surface area contributed by atoms with Crippen LogP contribution in [0.25, 0.3) is 0 Å². The van der Waals surface area contributed by atoms with Crippen LogP contribution in [-0.4, -0.2) is 45.5 Å². The lowest BCUT2D eigenvalue weighted by Gasteiger charge is -2.32. The number of rotatable bonds is 8. The molecule has 29 heavy (non-hydrogen) atoms. The summed E-state index contributed by atoms with van der Waals surface area (Å²) in [6.07, 6.45) is 1.87. The van der Waals surface area contributed by atoms with Gasteiger partial charge in [-0.25, -0.2) is 13.1 Å². The Morgan fingerprint density at radius 2 is 1.86 bits per heavy atom. The van der Waals surface area contributed by atoms with Gasteiger partial charge in [-0.3, -0.25) is 9.69 Å². The lowest BCUT2D eigenvalue weighted by Crippen LogP contribution is -2.43. The summed E-state index contributed by atoms with van der Waals surface area (Å²) in [7, 11) is -3.52. The molecule has 1 atom stereocenters. The molecule has 1 aliphatic heterocycles. The standard InChI is InChI=1S/C22H28N2O4S/c1-18-9-11-21(12-10-18)29(26,27)23-14-20-8-5-13-24(15-20)16-22(25)28-17-19-6-3-2-4-7-19/h2-4,6-7,9-12,20,23H,5,8,13-17H2,1H3. The molecule has 0 aliphatic carbocycles. The smallest absolute Gasteiger partial charge is 0.320 e. The third kappa shape index (κ3) is 6.66. The first-order valence-corrected chi connectivity index (χ1v) is 11.4. The largest absolute Gasteiger partial charge is 0.460 e. The van der Waals surface area contributed by atoms with E-state index in [1.165, 1.54) is 0 Å². The molecule has 0 saturated carbocycles. The Morgan fingerprint density at radius 3 is 2.59 bits per heavy atom. The monoisotopic (exact) mass is 416 g/mol. The molecule has 6 nitrogen and oxygen atoms in total. The molecule has 1 aliphatic rings. The van der Waals surface area contributed by atoms with Gasteiger partial charge in [0.2, 0.25) is 10.0 Å². The van der Waals surface area contributed by atoms with E-state index in [1.807, 2.05) is 42.2 Å². The Labute approximate surface area is 172 Å². The molecule has 2 aromatic rings. The summed E-state index contributed by atoms with van der Waals surface area (Å²) in [6.45, 7) is 4.29. The molecule has 2 aromatic carbocycles. The van der Waals surface area contributed by atoms with Gasteiger partial charge in [-0.15, -0.1) is 0 Å². The van der Waals surface area contributed by atoms with Crippen LogP contribution in [0.5, 0.6) is 0 Å². The predicted molar refractivity (Wildman–Crippen MR) is 112 cm³/mol. The summed E-state index contributed by atoms with van der Waals surface area (Å²) < 4.78 is 33.0. The third-order valence-electron chi connectivity index (χ3n) is 5.09. The van der Waals surface area contributed by atoms with Crippen molar-refractivity contribution in [3.8, 4) is 0 Å². The number of hydrogen-bond donors (Lipinski definition) is 1. The van der Waals surface area contributed by atoms with Crippen LogP contribution < -0.4 is 4.72 Å². The maximum atomic E-state index is 12.5. The lowest BCUT2D eigenvalue weighted by molar-refractivity contribution is -0.146. The van der Waals surface area contributed by atoms with Crippen molar-refractivity contribution in [2.75, 3.05) is 26.2 Å². The van der Waals surface area contributed by atoms with Crippen LogP contribution in [0.15, 0.2) is 59.5 Å². The number of esters is 1. The van der Waals surface area contributed by atoms with Gasteiger partial charge in [-0.1, -0.05) is 48.0 Å². The minimum Gasteiger partial charge on any atom is -0.460 e. The summed E-state index contributed by atoms with van der Waals surface area (Å²) in [6, 6.07) is 16.4. The minimum absolute atomic E-state index is 0.172. The highest BCUT2D eigenvalue weighted by Gasteiger charge is 2.24. The minimum atomic E-state index is -3.52. The third-order valence-corrected chi connectivity index (χ3v) is 6.53. The number of piperidine rings is 1. The number of benzene rings is 2. The Morgan fingerprint density at radius 1 is 1.14 bits per heavy atom. The van der Waals surface area contributed by atoms with Crippen LogP contribution in [0.4, 0.5) is 0 Å². The quantitative estimate of drug-likeness (QED) is 0.670. The van der Waals surface area contributed by atoms with Crippen molar-refractivity contribution in [2.24, 2.45) is 5.92 Å². The van der Waals surface area contributed by atoms with Gasteiger partial charge in [0.1, 0.15) is 6.61 Å². The van der Waals surface area contributed by atoms with Crippen molar-refractivity contribution in [1.29, 1.82) is 0 Å². The molecule has 1 unspecified atom stereocenters. The van der Waals surface area contributed by atoms with Crippen molar-refractivity contribution < 1.29 is 17.9 Å². The second-order valence-electron chi connectivity index (χ2n) is 7.55. The molecular weight excluding hydrogens is 388 g/mol. The van der Waals surface area contributed by atoms with Crippen LogP contribution in [-0.2, 0) is 26.2 Å². The van der Waals surface area contributed by atoms with Crippen LogP contribution in [0, 0.1) is 12.8 Å². The normalized spacial score (nSPS) is 17.8. The molecule has 156 valence electrons. The first kappa shape index (κ1) is 21.5. The fourth-order valence-corrected chi connectivity index (χ4v) is 4.57. The van der Waals surface area contributed by atoms with Crippen molar-refractivity contribution in [3.05, 3.63) is 65.7 Å². The van der Waals surface area contributed by atoms with Crippen molar-refractivity contribution in [2.45, 2.75) is 31.3 Å². The van der Waals surface area contributed by atoms with E-state index in [2.05, 4.69) is 4.72 Å². The summed E-state index contributed by atoms with van der Waals surface area (Å²) in [5, 5.41) is 0. The lowest BCUT2D eigenvalue weighted by atomic mass is 9.98. The zero-order valence-electron chi connectivity index (χ0n) is 16.7. The van der Waals surface area contributed by atoms with E-state index in [0.29, 0.717) is 13.1 Å². The number of carbonyl (C=O) groups is 1. The molecular formula is C22H28N2O4S. The maximum Gasteiger partial charge on any atom is 0.320 e. The first-order valence-electron chi connectivity index (χ1n) is 9.90. The predicted octanol–water partition coefficient (Wildman–Crippen LogP) is 2.73. The summed E-state index contributed by atoms with van der Waals surface area (Å²) in [5.74, 6) is -0.0827. The highest BCUT2D eigenvalue weighted by Crippen LogP contribution is 2.17. The molecule has 1 saturated heterocycles. The van der Waals surface area contributed by atoms with Gasteiger partial charge in [-0.2, -0.15) is 0 Å². The zero-order chi connectivity index (χ0) is 20.7. The van der Waals surface area contributed by atoms with Gasteiger partial charge in [0.15, 0.2) is 0 Å². The zero-order valence-corrected chi connectivity index (χ0v) is 17.5. The van der Waals surface area contributed by atoms with E-state index in [-0.39, 0.29) is 29.9 Å². The summed E-state index contributed by atoms with van der Waals surface area (Å²) >= 11 is 0.